The van der Waals surface area contributed by atoms with Gasteiger partial charge in [-0.1, -0.05) is 12.1 Å². The Balaban J connectivity index is 1.76. The summed E-state index contributed by atoms with van der Waals surface area (Å²) in [5.74, 6) is 1.67. The molecule has 1 aliphatic rings. The summed E-state index contributed by atoms with van der Waals surface area (Å²) in [6.07, 6.45) is 2.09. The van der Waals surface area contributed by atoms with Crippen LogP contribution in [0.15, 0.2) is 47.4 Å². The van der Waals surface area contributed by atoms with Gasteiger partial charge in [-0.15, -0.1) is 11.8 Å². The smallest absolute Gasteiger partial charge is 0.161 e. The fraction of sp³-hybridized carbons (Fsp3) is 0.294. The molecule has 3 rings (SSSR count). The number of thioether (sulfide) groups is 1. The van der Waals surface area contributed by atoms with Crippen molar-refractivity contribution in [1.29, 1.82) is 0 Å². The topological polar surface area (TPSA) is 30.5 Å². The zero-order chi connectivity index (χ0) is 14.7. The Morgan fingerprint density at radius 2 is 1.86 bits per heavy atom. The van der Waals surface area contributed by atoms with Crippen LogP contribution in [-0.2, 0) is 0 Å². The van der Waals surface area contributed by atoms with Gasteiger partial charge in [0.2, 0.25) is 0 Å². The van der Waals surface area contributed by atoms with Crippen LogP contribution in [-0.4, -0.2) is 19.5 Å². The van der Waals surface area contributed by atoms with Crippen LogP contribution in [0.1, 0.15) is 18.5 Å². The second-order valence-corrected chi connectivity index (χ2v) is 5.88. The van der Waals surface area contributed by atoms with Crippen molar-refractivity contribution in [3.05, 3.63) is 48.0 Å². The molecule has 0 radical (unpaired) electrons. The minimum absolute atomic E-state index is 0.206. The first-order chi connectivity index (χ1) is 10.3. The monoisotopic (exact) mass is 301 g/mol. The van der Waals surface area contributed by atoms with E-state index in [9.17, 15) is 0 Å². The molecule has 0 saturated heterocycles. The number of benzene rings is 2. The number of ether oxygens (including phenoxy) is 2. The maximum Gasteiger partial charge on any atom is 0.161 e. The third-order valence-electron chi connectivity index (χ3n) is 3.52. The molecule has 2 aromatic rings. The highest BCUT2D eigenvalue weighted by molar-refractivity contribution is 7.98. The lowest BCUT2D eigenvalue weighted by Gasteiger charge is -2.21. The van der Waals surface area contributed by atoms with Gasteiger partial charge >= 0.3 is 0 Å². The third kappa shape index (κ3) is 3.27. The van der Waals surface area contributed by atoms with E-state index in [-0.39, 0.29) is 6.04 Å². The van der Waals surface area contributed by atoms with Gasteiger partial charge in [-0.05, 0) is 49.1 Å². The Morgan fingerprint density at radius 1 is 1.05 bits per heavy atom. The van der Waals surface area contributed by atoms with Gasteiger partial charge in [0.05, 0.1) is 0 Å². The second-order valence-electron chi connectivity index (χ2n) is 5.00. The van der Waals surface area contributed by atoms with E-state index in [4.69, 9.17) is 9.47 Å². The summed E-state index contributed by atoms with van der Waals surface area (Å²) in [4.78, 5) is 1.26. The number of fused-ring (bicyclic) bond motifs is 1. The second kappa shape index (κ2) is 6.31. The van der Waals surface area contributed by atoms with Gasteiger partial charge in [0.15, 0.2) is 11.5 Å². The fourth-order valence-electron chi connectivity index (χ4n) is 2.38. The molecule has 0 spiro atoms. The third-order valence-corrected chi connectivity index (χ3v) is 4.24. The summed E-state index contributed by atoms with van der Waals surface area (Å²) in [5, 5.41) is 3.53. The maximum absolute atomic E-state index is 5.64. The molecule has 1 N–H and O–H groups in total. The van der Waals surface area contributed by atoms with E-state index in [0.717, 1.165) is 17.2 Å². The molecule has 2 aromatic carbocycles. The highest BCUT2D eigenvalue weighted by Gasteiger charge is 2.14. The summed E-state index contributed by atoms with van der Waals surface area (Å²) >= 11 is 1.75. The predicted molar refractivity (Wildman–Crippen MR) is 87.7 cm³/mol. The Hall–Kier alpha value is -1.81. The van der Waals surface area contributed by atoms with Crippen molar-refractivity contribution in [2.24, 2.45) is 0 Å². The van der Waals surface area contributed by atoms with Crippen LogP contribution in [0.3, 0.4) is 0 Å². The van der Waals surface area contributed by atoms with E-state index >= 15 is 0 Å². The first-order valence-corrected chi connectivity index (χ1v) is 8.29. The zero-order valence-corrected chi connectivity index (χ0v) is 13.1. The molecule has 0 amide bonds. The van der Waals surface area contributed by atoms with Crippen molar-refractivity contribution in [1.82, 2.24) is 0 Å². The van der Waals surface area contributed by atoms with Crippen LogP contribution in [0.5, 0.6) is 11.5 Å². The van der Waals surface area contributed by atoms with E-state index in [1.807, 2.05) is 6.07 Å². The van der Waals surface area contributed by atoms with Crippen molar-refractivity contribution in [3.63, 3.8) is 0 Å². The average molecular weight is 301 g/mol. The average Bonchev–Trinajstić information content (AvgIpc) is 2.54. The van der Waals surface area contributed by atoms with Crippen molar-refractivity contribution in [3.8, 4) is 11.5 Å². The first-order valence-electron chi connectivity index (χ1n) is 7.06. The molecule has 0 bridgehead atoms. The molecule has 1 unspecified atom stereocenters. The van der Waals surface area contributed by atoms with E-state index in [1.165, 1.54) is 10.5 Å². The Kier molecular flexibility index (Phi) is 4.25. The van der Waals surface area contributed by atoms with Crippen LogP contribution >= 0.6 is 11.8 Å². The zero-order valence-electron chi connectivity index (χ0n) is 12.3. The summed E-state index contributed by atoms with van der Waals surface area (Å²) in [7, 11) is 0. The highest BCUT2D eigenvalue weighted by Crippen LogP contribution is 2.33. The van der Waals surface area contributed by atoms with Crippen molar-refractivity contribution in [2.75, 3.05) is 24.8 Å². The van der Waals surface area contributed by atoms with E-state index in [0.29, 0.717) is 13.2 Å². The lowest BCUT2D eigenvalue weighted by atomic mass is 10.1. The van der Waals surface area contributed by atoms with E-state index < -0.39 is 0 Å². The number of nitrogens with one attached hydrogen (secondary N) is 1. The van der Waals surface area contributed by atoms with Crippen molar-refractivity contribution < 1.29 is 9.47 Å². The number of anilines is 1. The quantitative estimate of drug-likeness (QED) is 0.850. The summed E-state index contributed by atoms with van der Waals surface area (Å²) < 4.78 is 11.2. The van der Waals surface area contributed by atoms with Crippen LogP contribution in [0.4, 0.5) is 5.69 Å². The summed E-state index contributed by atoms with van der Waals surface area (Å²) in [5.41, 5.74) is 2.32. The van der Waals surface area contributed by atoms with Gasteiger partial charge < -0.3 is 14.8 Å². The van der Waals surface area contributed by atoms with Gasteiger partial charge in [-0.25, -0.2) is 0 Å². The SMILES string of the molecule is CSc1cccc(NC(C)c2ccc3c(c2)OCCO3)c1. The van der Waals surface area contributed by atoms with E-state index in [1.54, 1.807) is 11.8 Å². The van der Waals surface area contributed by atoms with Crippen LogP contribution in [0.25, 0.3) is 0 Å². The van der Waals surface area contributed by atoms with Gasteiger partial charge in [0, 0.05) is 16.6 Å². The number of hydrogen-bond acceptors (Lipinski definition) is 4. The normalized spacial score (nSPS) is 14.6. The first kappa shape index (κ1) is 14.1. The molecule has 110 valence electrons. The molecule has 21 heavy (non-hydrogen) atoms. The minimum Gasteiger partial charge on any atom is -0.486 e. The number of hydrogen-bond donors (Lipinski definition) is 1. The fourth-order valence-corrected chi connectivity index (χ4v) is 2.83. The molecular formula is C17H19NO2S. The predicted octanol–water partition coefficient (Wildman–Crippen LogP) is 4.35. The Labute approximate surface area is 129 Å². The largest absolute Gasteiger partial charge is 0.486 e. The summed E-state index contributed by atoms with van der Waals surface area (Å²) in [6, 6.07) is 14.8. The molecule has 1 atom stereocenters. The van der Waals surface area contributed by atoms with Gasteiger partial charge in [-0.2, -0.15) is 0 Å². The van der Waals surface area contributed by atoms with Crippen LogP contribution in [0, 0.1) is 0 Å². The van der Waals surface area contributed by atoms with Crippen molar-refractivity contribution in [2.45, 2.75) is 17.9 Å². The molecule has 0 fully saturated rings. The summed E-state index contributed by atoms with van der Waals surface area (Å²) in [6.45, 7) is 3.40. The lowest BCUT2D eigenvalue weighted by molar-refractivity contribution is 0.171. The molecule has 3 nitrogen and oxygen atoms in total. The van der Waals surface area contributed by atoms with Gasteiger partial charge in [0.1, 0.15) is 13.2 Å². The number of rotatable bonds is 4. The molecule has 1 aliphatic heterocycles. The molecule has 0 aromatic heterocycles. The Morgan fingerprint density at radius 3 is 2.67 bits per heavy atom. The standard InChI is InChI=1S/C17H19NO2S/c1-12(18-14-4-3-5-15(11-14)21-2)13-6-7-16-17(10-13)20-9-8-19-16/h3-7,10-12,18H,8-9H2,1-2H3. The molecule has 1 heterocycles. The van der Waals surface area contributed by atoms with Crippen LogP contribution in [0.2, 0.25) is 0 Å². The van der Waals surface area contributed by atoms with Crippen LogP contribution < -0.4 is 14.8 Å². The molecule has 0 saturated carbocycles. The molecule has 0 aliphatic carbocycles. The maximum atomic E-state index is 5.64. The lowest BCUT2D eigenvalue weighted by Crippen LogP contribution is -2.16. The van der Waals surface area contributed by atoms with Gasteiger partial charge in [0.25, 0.3) is 0 Å². The highest BCUT2D eigenvalue weighted by atomic mass is 32.2. The Bertz CT molecular complexity index is 630. The van der Waals surface area contributed by atoms with Gasteiger partial charge in [-0.3, -0.25) is 0 Å². The molecule has 4 heteroatoms. The molecular weight excluding hydrogens is 282 g/mol. The van der Waals surface area contributed by atoms with E-state index in [2.05, 4.69) is 54.9 Å². The minimum atomic E-state index is 0.206. The van der Waals surface area contributed by atoms with Crippen molar-refractivity contribution >= 4 is 17.4 Å².